The Morgan fingerprint density at radius 2 is 1.89 bits per heavy atom. The fraction of sp³-hybridized carbons (Fsp3) is 0.200. The summed E-state index contributed by atoms with van der Waals surface area (Å²) >= 11 is 0. The highest BCUT2D eigenvalue weighted by atomic mass is 127. The van der Waals surface area contributed by atoms with Crippen LogP contribution in [0.15, 0.2) is 70.2 Å². The van der Waals surface area contributed by atoms with Crippen LogP contribution in [0.4, 0.5) is 4.39 Å². The topological polar surface area (TPSA) is 62.5 Å². The summed E-state index contributed by atoms with van der Waals surface area (Å²) in [6.45, 7) is 3.58. The zero-order chi connectivity index (χ0) is 18.2. The number of aromatic nitrogens is 1. The molecule has 5 nitrogen and oxygen atoms in total. The second-order valence-corrected chi connectivity index (χ2v) is 5.73. The van der Waals surface area contributed by atoms with Crippen LogP contribution in [0.25, 0.3) is 11.3 Å². The minimum atomic E-state index is -0.258. The van der Waals surface area contributed by atoms with Gasteiger partial charge in [0.05, 0.1) is 13.1 Å². The van der Waals surface area contributed by atoms with Crippen LogP contribution in [0.2, 0.25) is 0 Å². The van der Waals surface area contributed by atoms with Crippen LogP contribution in [-0.4, -0.2) is 17.7 Å². The van der Waals surface area contributed by atoms with E-state index in [9.17, 15) is 4.39 Å². The molecule has 0 aliphatic rings. The minimum absolute atomic E-state index is 0. The minimum Gasteiger partial charge on any atom is -0.357 e. The molecule has 0 atom stereocenters. The van der Waals surface area contributed by atoms with Crippen LogP contribution in [0.3, 0.4) is 0 Å². The van der Waals surface area contributed by atoms with Crippen LogP contribution >= 0.6 is 24.0 Å². The average molecular weight is 480 g/mol. The van der Waals surface area contributed by atoms with Gasteiger partial charge in [0.1, 0.15) is 11.5 Å². The van der Waals surface area contributed by atoms with E-state index in [1.807, 2.05) is 49.4 Å². The second-order valence-electron chi connectivity index (χ2n) is 5.73. The molecule has 1 aromatic heterocycles. The summed E-state index contributed by atoms with van der Waals surface area (Å²) in [4.78, 5) is 4.47. The van der Waals surface area contributed by atoms with Crippen LogP contribution in [-0.2, 0) is 13.1 Å². The monoisotopic (exact) mass is 480 g/mol. The molecule has 3 rings (SSSR count). The van der Waals surface area contributed by atoms with Gasteiger partial charge in [-0.25, -0.2) is 9.38 Å². The van der Waals surface area contributed by atoms with E-state index in [1.165, 1.54) is 12.1 Å². The Morgan fingerprint density at radius 3 is 2.63 bits per heavy atom. The van der Waals surface area contributed by atoms with Crippen LogP contribution in [0.1, 0.15) is 18.2 Å². The lowest BCUT2D eigenvalue weighted by Gasteiger charge is -2.09. The lowest BCUT2D eigenvalue weighted by molar-refractivity contribution is 0.422. The van der Waals surface area contributed by atoms with Gasteiger partial charge >= 0.3 is 0 Å². The predicted octanol–water partition coefficient (Wildman–Crippen LogP) is 4.35. The number of aliphatic imine (C=N–C) groups is 1. The van der Waals surface area contributed by atoms with Crippen molar-refractivity contribution >= 4 is 29.9 Å². The molecule has 0 radical (unpaired) electrons. The standard InChI is InChI=1S/C20H21FN4O.HI/c1-2-22-20(23-13-15-7-6-10-17(21)11-15)24-14-18-12-19(26-25-18)16-8-4-3-5-9-16;/h3-12H,2,13-14H2,1H3,(H2,22,23,24);1H. The number of hydrogen-bond acceptors (Lipinski definition) is 3. The van der Waals surface area contributed by atoms with Crippen molar-refractivity contribution in [3.05, 3.63) is 77.7 Å². The number of guanidine groups is 1. The Balaban J connectivity index is 0.00000261. The number of nitrogens with zero attached hydrogens (tertiary/aromatic N) is 2. The van der Waals surface area contributed by atoms with Crippen molar-refractivity contribution < 1.29 is 8.91 Å². The van der Waals surface area contributed by atoms with Crippen LogP contribution in [0.5, 0.6) is 0 Å². The van der Waals surface area contributed by atoms with Crippen molar-refractivity contribution in [1.82, 2.24) is 15.8 Å². The summed E-state index contributed by atoms with van der Waals surface area (Å²) in [6.07, 6.45) is 0. The third kappa shape index (κ3) is 6.35. The molecule has 0 saturated heterocycles. The molecule has 0 unspecified atom stereocenters. The molecule has 27 heavy (non-hydrogen) atoms. The lowest BCUT2D eigenvalue weighted by atomic mass is 10.2. The third-order valence-electron chi connectivity index (χ3n) is 3.71. The first-order valence-corrected chi connectivity index (χ1v) is 8.52. The molecule has 0 aliphatic carbocycles. The van der Waals surface area contributed by atoms with E-state index in [1.54, 1.807) is 6.07 Å². The van der Waals surface area contributed by atoms with Gasteiger partial charge in [0.15, 0.2) is 11.7 Å². The highest BCUT2D eigenvalue weighted by Crippen LogP contribution is 2.19. The average Bonchev–Trinajstić information content (AvgIpc) is 3.14. The highest BCUT2D eigenvalue weighted by Gasteiger charge is 2.07. The van der Waals surface area contributed by atoms with Crippen molar-refractivity contribution in [3.63, 3.8) is 0 Å². The fourth-order valence-corrected chi connectivity index (χ4v) is 2.46. The molecule has 2 N–H and O–H groups in total. The molecule has 2 aromatic carbocycles. The van der Waals surface area contributed by atoms with Crippen molar-refractivity contribution in [3.8, 4) is 11.3 Å². The van der Waals surface area contributed by atoms with Gasteiger partial charge < -0.3 is 15.2 Å². The molecule has 1 heterocycles. The van der Waals surface area contributed by atoms with E-state index in [0.717, 1.165) is 29.1 Å². The van der Waals surface area contributed by atoms with Gasteiger partial charge in [0.25, 0.3) is 0 Å². The molecule has 142 valence electrons. The van der Waals surface area contributed by atoms with E-state index in [4.69, 9.17) is 4.52 Å². The van der Waals surface area contributed by atoms with Gasteiger partial charge in [-0.2, -0.15) is 0 Å². The molecular formula is C20H22FIN4O. The van der Waals surface area contributed by atoms with Gasteiger partial charge in [-0.3, -0.25) is 0 Å². The molecule has 0 aliphatic heterocycles. The van der Waals surface area contributed by atoms with E-state index in [-0.39, 0.29) is 29.8 Å². The van der Waals surface area contributed by atoms with Gasteiger partial charge in [-0.15, -0.1) is 24.0 Å². The van der Waals surface area contributed by atoms with Crippen molar-refractivity contribution in [2.24, 2.45) is 4.99 Å². The fourth-order valence-electron chi connectivity index (χ4n) is 2.46. The molecule has 0 saturated carbocycles. The first-order valence-electron chi connectivity index (χ1n) is 8.52. The maximum absolute atomic E-state index is 13.3. The van der Waals surface area contributed by atoms with Crippen molar-refractivity contribution in [2.75, 3.05) is 6.54 Å². The maximum Gasteiger partial charge on any atom is 0.191 e. The zero-order valence-electron chi connectivity index (χ0n) is 15.0. The molecule has 0 spiro atoms. The molecule has 0 fully saturated rings. The van der Waals surface area contributed by atoms with E-state index in [2.05, 4.69) is 20.8 Å². The first kappa shape index (κ1) is 20.9. The van der Waals surface area contributed by atoms with Crippen molar-refractivity contribution in [2.45, 2.75) is 20.0 Å². The molecule has 3 aromatic rings. The van der Waals surface area contributed by atoms with Crippen LogP contribution < -0.4 is 10.6 Å². The van der Waals surface area contributed by atoms with Gasteiger partial charge in [-0.1, -0.05) is 47.6 Å². The van der Waals surface area contributed by atoms with Crippen LogP contribution in [0, 0.1) is 5.82 Å². The summed E-state index contributed by atoms with van der Waals surface area (Å²) in [5, 5.41) is 10.5. The summed E-state index contributed by atoms with van der Waals surface area (Å²) in [7, 11) is 0. The van der Waals surface area contributed by atoms with Gasteiger partial charge in [-0.05, 0) is 24.6 Å². The lowest BCUT2D eigenvalue weighted by Crippen LogP contribution is -2.36. The largest absolute Gasteiger partial charge is 0.357 e. The quantitative estimate of drug-likeness (QED) is 0.313. The summed E-state index contributed by atoms with van der Waals surface area (Å²) in [6, 6.07) is 18.2. The van der Waals surface area contributed by atoms with Gasteiger partial charge in [0, 0.05) is 18.2 Å². The first-order chi connectivity index (χ1) is 12.7. The van der Waals surface area contributed by atoms with E-state index < -0.39 is 0 Å². The Bertz CT molecular complexity index is 867. The Hall–Kier alpha value is -2.42. The van der Waals surface area contributed by atoms with Crippen molar-refractivity contribution in [1.29, 1.82) is 0 Å². The Morgan fingerprint density at radius 1 is 1.07 bits per heavy atom. The predicted molar refractivity (Wildman–Crippen MR) is 115 cm³/mol. The summed E-state index contributed by atoms with van der Waals surface area (Å²) in [5.74, 6) is 1.11. The second kappa shape index (κ2) is 10.7. The maximum atomic E-state index is 13.3. The summed E-state index contributed by atoms with van der Waals surface area (Å²) < 4.78 is 18.6. The SMILES string of the molecule is CCNC(=NCc1cccc(F)c1)NCc1cc(-c2ccccc2)on1.I. The normalized spacial score (nSPS) is 11.0. The number of nitrogens with one attached hydrogen (secondary N) is 2. The number of rotatable bonds is 6. The smallest absolute Gasteiger partial charge is 0.191 e. The van der Waals surface area contributed by atoms with E-state index in [0.29, 0.717) is 19.0 Å². The molecule has 0 amide bonds. The third-order valence-corrected chi connectivity index (χ3v) is 3.71. The molecular weight excluding hydrogens is 458 g/mol. The molecule has 0 bridgehead atoms. The molecule has 7 heteroatoms. The summed E-state index contributed by atoms with van der Waals surface area (Å²) in [5.41, 5.74) is 2.58. The number of benzene rings is 2. The van der Waals surface area contributed by atoms with Gasteiger partial charge in [0.2, 0.25) is 0 Å². The Kier molecular flexibility index (Phi) is 8.25. The number of hydrogen-bond donors (Lipinski definition) is 2. The Labute approximate surface area is 175 Å². The zero-order valence-corrected chi connectivity index (χ0v) is 17.3. The highest BCUT2D eigenvalue weighted by molar-refractivity contribution is 14.0. The number of halogens is 2. The van der Waals surface area contributed by atoms with E-state index >= 15 is 0 Å².